The van der Waals surface area contributed by atoms with Gasteiger partial charge in [-0.1, -0.05) is 17.7 Å². The van der Waals surface area contributed by atoms with Gasteiger partial charge in [0.25, 0.3) is 0 Å². The average Bonchev–Trinajstić information content (AvgIpc) is 2.16. The van der Waals surface area contributed by atoms with Crippen LogP contribution in [0, 0.1) is 0 Å². The lowest BCUT2D eigenvalue weighted by Crippen LogP contribution is -2.14. The van der Waals surface area contributed by atoms with E-state index in [1.807, 2.05) is 19.2 Å². The smallest absolute Gasteiger partial charge is 0.0340 e. The third kappa shape index (κ3) is 4.19. The first-order valence-corrected chi connectivity index (χ1v) is 5.01. The van der Waals surface area contributed by atoms with Crippen LogP contribution in [-0.4, -0.2) is 11.0 Å². The number of hydrogen-bond donors (Lipinski definition) is 1. The van der Waals surface area contributed by atoms with Crippen molar-refractivity contribution < 1.29 is 0 Å². The minimum Gasteiger partial charge on any atom is -0.328 e. The van der Waals surface area contributed by atoms with Gasteiger partial charge in [0.05, 0.1) is 0 Å². The molecule has 1 aromatic rings. The second-order valence-electron chi connectivity index (χ2n) is 3.79. The molecule has 1 rings (SSSR count). The highest BCUT2D eigenvalue weighted by Crippen LogP contribution is 2.10. The number of nitrogens with zero attached hydrogens (tertiary/aromatic N) is 1. The standard InChI is InChI=1S/C12H18N2/c1-10(5-6-11(2)13)8-12-4-3-7-14-9-12/h3-4,7-9,11H,5-6,13H2,1-2H3. The molecule has 1 heterocycles. The van der Waals surface area contributed by atoms with Crippen LogP contribution in [0.15, 0.2) is 30.1 Å². The van der Waals surface area contributed by atoms with Gasteiger partial charge >= 0.3 is 0 Å². The van der Waals surface area contributed by atoms with Crippen molar-refractivity contribution in [3.8, 4) is 0 Å². The van der Waals surface area contributed by atoms with E-state index < -0.39 is 0 Å². The third-order valence-corrected chi connectivity index (χ3v) is 2.09. The fraction of sp³-hybridized carbons (Fsp3) is 0.417. The maximum atomic E-state index is 5.69. The van der Waals surface area contributed by atoms with Gasteiger partial charge in [-0.3, -0.25) is 4.98 Å². The maximum Gasteiger partial charge on any atom is 0.0340 e. The summed E-state index contributed by atoms with van der Waals surface area (Å²) in [6.45, 7) is 4.17. The van der Waals surface area contributed by atoms with Gasteiger partial charge in [0.2, 0.25) is 0 Å². The quantitative estimate of drug-likeness (QED) is 0.792. The van der Waals surface area contributed by atoms with Crippen molar-refractivity contribution in [2.24, 2.45) is 5.73 Å². The predicted molar refractivity (Wildman–Crippen MR) is 60.8 cm³/mol. The first kappa shape index (κ1) is 10.9. The number of aromatic nitrogens is 1. The van der Waals surface area contributed by atoms with E-state index in [2.05, 4.69) is 24.1 Å². The van der Waals surface area contributed by atoms with E-state index in [1.54, 1.807) is 6.20 Å². The lowest BCUT2D eigenvalue weighted by Gasteiger charge is -2.04. The minimum atomic E-state index is 0.284. The Hall–Kier alpha value is -1.15. The van der Waals surface area contributed by atoms with E-state index in [9.17, 15) is 0 Å². The van der Waals surface area contributed by atoms with Crippen molar-refractivity contribution in [2.75, 3.05) is 0 Å². The van der Waals surface area contributed by atoms with E-state index in [-0.39, 0.29) is 6.04 Å². The van der Waals surface area contributed by atoms with E-state index >= 15 is 0 Å². The molecule has 0 saturated carbocycles. The molecule has 0 aliphatic heterocycles. The Labute approximate surface area is 85.9 Å². The molecule has 2 N–H and O–H groups in total. The van der Waals surface area contributed by atoms with Crippen LogP contribution in [0.2, 0.25) is 0 Å². The summed E-state index contributed by atoms with van der Waals surface area (Å²) >= 11 is 0. The lowest BCUT2D eigenvalue weighted by molar-refractivity contribution is 0.664. The van der Waals surface area contributed by atoms with Gasteiger partial charge in [0, 0.05) is 18.4 Å². The van der Waals surface area contributed by atoms with E-state index in [0.29, 0.717) is 0 Å². The van der Waals surface area contributed by atoms with Crippen molar-refractivity contribution in [1.82, 2.24) is 4.98 Å². The Bertz CT molecular complexity index is 288. The van der Waals surface area contributed by atoms with Crippen LogP contribution >= 0.6 is 0 Å². The summed E-state index contributed by atoms with van der Waals surface area (Å²) in [5.74, 6) is 0. The Morgan fingerprint density at radius 1 is 1.64 bits per heavy atom. The molecule has 0 spiro atoms. The van der Waals surface area contributed by atoms with Crippen molar-refractivity contribution in [3.63, 3.8) is 0 Å². The topological polar surface area (TPSA) is 38.9 Å². The van der Waals surface area contributed by atoms with Crippen molar-refractivity contribution in [1.29, 1.82) is 0 Å². The number of pyridine rings is 1. The summed E-state index contributed by atoms with van der Waals surface area (Å²) in [7, 11) is 0. The monoisotopic (exact) mass is 190 g/mol. The summed E-state index contributed by atoms with van der Waals surface area (Å²) in [5, 5.41) is 0. The predicted octanol–water partition coefficient (Wildman–Crippen LogP) is 2.61. The van der Waals surface area contributed by atoms with Gasteiger partial charge in [0.15, 0.2) is 0 Å². The first-order chi connectivity index (χ1) is 6.68. The minimum absolute atomic E-state index is 0.284. The molecular formula is C12H18N2. The van der Waals surface area contributed by atoms with Crippen molar-refractivity contribution in [3.05, 3.63) is 35.7 Å². The highest BCUT2D eigenvalue weighted by molar-refractivity contribution is 5.50. The van der Waals surface area contributed by atoms with Gasteiger partial charge in [-0.15, -0.1) is 0 Å². The molecule has 2 heteroatoms. The third-order valence-electron chi connectivity index (χ3n) is 2.09. The molecule has 1 unspecified atom stereocenters. The molecule has 0 radical (unpaired) electrons. The van der Waals surface area contributed by atoms with Gasteiger partial charge in [-0.25, -0.2) is 0 Å². The SMILES string of the molecule is CC(=Cc1cccnc1)CCC(C)N. The lowest BCUT2D eigenvalue weighted by atomic mass is 10.1. The second kappa shape index (κ2) is 5.55. The Morgan fingerprint density at radius 2 is 2.43 bits per heavy atom. The molecule has 0 aliphatic carbocycles. The molecule has 14 heavy (non-hydrogen) atoms. The highest BCUT2D eigenvalue weighted by Gasteiger charge is 1.95. The largest absolute Gasteiger partial charge is 0.328 e. The van der Waals surface area contributed by atoms with Crippen molar-refractivity contribution in [2.45, 2.75) is 32.7 Å². The van der Waals surface area contributed by atoms with Crippen LogP contribution in [-0.2, 0) is 0 Å². The molecule has 2 nitrogen and oxygen atoms in total. The Kier molecular flexibility index (Phi) is 4.33. The summed E-state index contributed by atoms with van der Waals surface area (Å²) < 4.78 is 0. The van der Waals surface area contributed by atoms with Gasteiger partial charge in [-0.05, 0) is 38.3 Å². The highest BCUT2D eigenvalue weighted by atomic mass is 14.6. The number of nitrogens with two attached hydrogens (primary N) is 1. The zero-order chi connectivity index (χ0) is 10.4. The average molecular weight is 190 g/mol. The van der Waals surface area contributed by atoms with Crippen LogP contribution < -0.4 is 5.73 Å². The fourth-order valence-corrected chi connectivity index (χ4v) is 1.27. The second-order valence-corrected chi connectivity index (χ2v) is 3.79. The van der Waals surface area contributed by atoms with Crippen LogP contribution in [0.3, 0.4) is 0 Å². The Morgan fingerprint density at radius 3 is 3.00 bits per heavy atom. The van der Waals surface area contributed by atoms with Crippen LogP contribution in [0.5, 0.6) is 0 Å². The van der Waals surface area contributed by atoms with Gasteiger partial charge in [0.1, 0.15) is 0 Å². The summed E-state index contributed by atoms with van der Waals surface area (Å²) in [6.07, 6.45) is 7.93. The van der Waals surface area contributed by atoms with E-state index in [4.69, 9.17) is 5.73 Å². The summed E-state index contributed by atoms with van der Waals surface area (Å²) in [6, 6.07) is 4.29. The Balaban J connectivity index is 2.52. The number of rotatable bonds is 4. The zero-order valence-corrected chi connectivity index (χ0v) is 8.90. The normalized spacial score (nSPS) is 14.1. The first-order valence-electron chi connectivity index (χ1n) is 5.01. The molecule has 0 saturated heterocycles. The summed E-state index contributed by atoms with van der Waals surface area (Å²) in [5.41, 5.74) is 8.21. The van der Waals surface area contributed by atoms with Crippen LogP contribution in [0.4, 0.5) is 0 Å². The van der Waals surface area contributed by atoms with Gasteiger partial charge < -0.3 is 5.73 Å². The molecule has 76 valence electrons. The van der Waals surface area contributed by atoms with Gasteiger partial charge in [-0.2, -0.15) is 0 Å². The number of hydrogen-bond acceptors (Lipinski definition) is 2. The molecule has 0 amide bonds. The van der Waals surface area contributed by atoms with E-state index in [0.717, 1.165) is 18.4 Å². The van der Waals surface area contributed by atoms with E-state index in [1.165, 1.54) is 5.57 Å². The molecule has 0 bridgehead atoms. The zero-order valence-electron chi connectivity index (χ0n) is 8.90. The molecule has 0 aromatic carbocycles. The molecule has 1 aromatic heterocycles. The van der Waals surface area contributed by atoms with Crippen molar-refractivity contribution >= 4 is 6.08 Å². The molecule has 1 atom stereocenters. The molecule has 0 fully saturated rings. The maximum absolute atomic E-state index is 5.69. The summed E-state index contributed by atoms with van der Waals surface area (Å²) in [4.78, 5) is 4.06. The number of allylic oxidation sites excluding steroid dienone is 1. The molecular weight excluding hydrogens is 172 g/mol. The van der Waals surface area contributed by atoms with Crippen LogP contribution in [0.25, 0.3) is 6.08 Å². The fourth-order valence-electron chi connectivity index (χ4n) is 1.27. The molecule has 0 aliphatic rings. The van der Waals surface area contributed by atoms with Crippen LogP contribution in [0.1, 0.15) is 32.3 Å².